The fourth-order valence-electron chi connectivity index (χ4n) is 4.07. The molecular weight excluding hydrogens is 466 g/mol. The second-order valence-corrected chi connectivity index (χ2v) is 10.2. The molecule has 1 heterocycles. The minimum Gasteiger partial charge on any atom is -0.328 e. The summed E-state index contributed by atoms with van der Waals surface area (Å²) < 4.78 is 29.2. The Morgan fingerprint density at radius 2 is 1.71 bits per heavy atom. The summed E-state index contributed by atoms with van der Waals surface area (Å²) in [6.07, 6.45) is 0.565. The predicted octanol–water partition coefficient (Wildman–Crippen LogP) is 3.92. The van der Waals surface area contributed by atoms with E-state index in [-0.39, 0.29) is 23.1 Å². The van der Waals surface area contributed by atoms with Gasteiger partial charge in [0.25, 0.3) is 0 Å². The van der Waals surface area contributed by atoms with Crippen LogP contribution in [0.2, 0.25) is 0 Å². The molecule has 0 atom stereocenters. The molecule has 0 aliphatic heterocycles. The number of sulfonamides is 1. The number of fused-ring (bicyclic) bond motifs is 1. The Bertz CT molecular complexity index is 1340. The van der Waals surface area contributed by atoms with Crippen molar-refractivity contribution in [3.05, 3.63) is 47.8 Å². The van der Waals surface area contributed by atoms with Crippen LogP contribution in [0.5, 0.6) is 0 Å². The monoisotopic (exact) mass is 499 g/mol. The van der Waals surface area contributed by atoms with Gasteiger partial charge in [0.1, 0.15) is 5.82 Å². The molecule has 3 rings (SSSR count). The molecule has 35 heavy (non-hydrogen) atoms. The van der Waals surface area contributed by atoms with E-state index in [4.69, 9.17) is 0 Å². The molecule has 9 nitrogen and oxygen atoms in total. The van der Waals surface area contributed by atoms with Crippen LogP contribution in [-0.2, 0) is 32.6 Å². The van der Waals surface area contributed by atoms with Crippen LogP contribution in [0.3, 0.4) is 0 Å². The number of hydrogen-bond donors (Lipinski definition) is 2. The quantitative estimate of drug-likeness (QED) is 0.439. The molecule has 0 fully saturated rings. The van der Waals surface area contributed by atoms with E-state index in [9.17, 15) is 18.0 Å². The lowest BCUT2D eigenvalue weighted by molar-refractivity contribution is -0.116. The molecule has 0 bridgehead atoms. The zero-order valence-electron chi connectivity index (χ0n) is 20.9. The zero-order chi connectivity index (χ0) is 25.8. The summed E-state index contributed by atoms with van der Waals surface area (Å²) in [6.45, 7) is 10.4. The second-order valence-electron chi connectivity index (χ2n) is 8.29. The minimum atomic E-state index is -3.59. The number of benzene rings is 2. The van der Waals surface area contributed by atoms with Gasteiger partial charge >= 0.3 is 0 Å². The number of aromatic nitrogens is 2. The Labute approximate surface area is 206 Å². The summed E-state index contributed by atoms with van der Waals surface area (Å²) in [6, 6.07) is 10.4. The Morgan fingerprint density at radius 1 is 1.00 bits per heavy atom. The van der Waals surface area contributed by atoms with E-state index in [1.165, 1.54) is 11.2 Å². The van der Waals surface area contributed by atoms with Crippen LogP contribution in [0.1, 0.15) is 45.5 Å². The highest BCUT2D eigenvalue weighted by Gasteiger charge is 2.23. The first kappa shape index (κ1) is 26.4. The van der Waals surface area contributed by atoms with Crippen LogP contribution in [0, 0.1) is 6.92 Å². The van der Waals surface area contributed by atoms with E-state index in [0.717, 1.165) is 11.1 Å². The normalized spacial score (nSPS) is 11.7. The molecule has 0 saturated carbocycles. The van der Waals surface area contributed by atoms with Crippen molar-refractivity contribution in [1.82, 2.24) is 13.9 Å². The van der Waals surface area contributed by atoms with Gasteiger partial charge in [-0.2, -0.15) is 4.31 Å². The number of aryl methyl sites for hydroxylation is 3. The summed E-state index contributed by atoms with van der Waals surface area (Å²) in [5.41, 5.74) is 3.45. The summed E-state index contributed by atoms with van der Waals surface area (Å²) in [4.78, 5) is 29.1. The molecule has 2 N–H and O–H groups in total. The molecule has 0 radical (unpaired) electrons. The van der Waals surface area contributed by atoms with Crippen molar-refractivity contribution in [3.8, 4) is 0 Å². The third-order valence-electron chi connectivity index (χ3n) is 5.79. The summed E-state index contributed by atoms with van der Waals surface area (Å²) in [5.74, 6) is 0.284. The summed E-state index contributed by atoms with van der Waals surface area (Å²) in [5, 5.41) is 5.60. The Kier molecular flexibility index (Phi) is 8.29. The van der Waals surface area contributed by atoms with Crippen molar-refractivity contribution in [3.63, 3.8) is 0 Å². The fourth-order valence-corrected chi connectivity index (χ4v) is 5.55. The zero-order valence-corrected chi connectivity index (χ0v) is 21.7. The number of amides is 2. The molecule has 188 valence electrons. The number of imidazole rings is 1. The van der Waals surface area contributed by atoms with Crippen LogP contribution in [0.25, 0.3) is 11.0 Å². The summed E-state index contributed by atoms with van der Waals surface area (Å²) in [7, 11) is -3.59. The number of rotatable bonds is 10. The van der Waals surface area contributed by atoms with Crippen molar-refractivity contribution in [2.75, 3.05) is 23.7 Å². The fraction of sp³-hybridized carbons (Fsp3) is 0.400. The first-order valence-electron chi connectivity index (χ1n) is 11.8. The van der Waals surface area contributed by atoms with E-state index < -0.39 is 10.0 Å². The third-order valence-corrected chi connectivity index (χ3v) is 7.84. The molecular formula is C25H33N5O4S. The predicted molar refractivity (Wildman–Crippen MR) is 138 cm³/mol. The van der Waals surface area contributed by atoms with Crippen molar-refractivity contribution < 1.29 is 18.0 Å². The molecule has 0 aliphatic rings. The van der Waals surface area contributed by atoms with Gasteiger partial charge < -0.3 is 15.2 Å². The molecule has 1 aromatic heterocycles. The lowest BCUT2D eigenvalue weighted by Gasteiger charge is -2.18. The number of anilines is 2. The highest BCUT2D eigenvalue weighted by molar-refractivity contribution is 7.89. The van der Waals surface area contributed by atoms with Crippen LogP contribution < -0.4 is 10.6 Å². The molecule has 0 saturated heterocycles. The Hall–Kier alpha value is -3.24. The molecule has 0 spiro atoms. The molecule has 3 aromatic rings. The first-order valence-corrected chi connectivity index (χ1v) is 13.2. The topological polar surface area (TPSA) is 113 Å². The average Bonchev–Trinajstić information content (AvgIpc) is 3.16. The van der Waals surface area contributed by atoms with E-state index in [1.807, 2.05) is 44.4 Å². The lowest BCUT2D eigenvalue weighted by Crippen LogP contribution is -2.30. The van der Waals surface area contributed by atoms with Gasteiger partial charge in [0.05, 0.1) is 27.3 Å². The Morgan fingerprint density at radius 3 is 2.34 bits per heavy atom. The van der Waals surface area contributed by atoms with Crippen LogP contribution in [-0.4, -0.2) is 47.2 Å². The highest BCUT2D eigenvalue weighted by atomic mass is 32.2. The minimum absolute atomic E-state index is 0.182. The number of nitrogens with one attached hydrogen (secondary N) is 2. The van der Waals surface area contributed by atoms with Gasteiger partial charge in [-0.3, -0.25) is 9.59 Å². The van der Waals surface area contributed by atoms with Crippen molar-refractivity contribution in [1.29, 1.82) is 0 Å². The molecule has 2 amide bonds. The maximum atomic E-state index is 12.9. The van der Waals surface area contributed by atoms with Crippen LogP contribution >= 0.6 is 0 Å². The number of hydrogen-bond acceptors (Lipinski definition) is 5. The largest absolute Gasteiger partial charge is 0.328 e. The van der Waals surface area contributed by atoms with Crippen LogP contribution in [0.4, 0.5) is 11.4 Å². The van der Waals surface area contributed by atoms with Gasteiger partial charge in [-0.05, 0) is 49.7 Å². The number of carbonyl (C=O) groups is 2. The van der Waals surface area contributed by atoms with Gasteiger partial charge in [-0.25, -0.2) is 13.4 Å². The van der Waals surface area contributed by atoms with Crippen molar-refractivity contribution in [2.24, 2.45) is 0 Å². The van der Waals surface area contributed by atoms with Gasteiger partial charge in [-0.1, -0.05) is 19.9 Å². The first-order chi connectivity index (χ1) is 16.6. The number of nitrogens with zero attached hydrogens (tertiary/aromatic N) is 3. The van der Waals surface area contributed by atoms with Gasteiger partial charge in [0, 0.05) is 39.4 Å². The molecule has 0 unspecified atom stereocenters. The standard InChI is InChI=1S/C25H33N5O4S/c1-6-29(7-2)35(33,34)19-10-12-23-22(16-19)27-24(30(23)8-3)13-14-25(32)28-21-15-17(4)9-11-20(21)26-18(5)31/h9-12,15-16H,6-8,13-14H2,1-5H3,(H,26,31)(H,28,32). The Balaban J connectivity index is 1.81. The van der Waals surface area contributed by atoms with Gasteiger partial charge in [0.2, 0.25) is 21.8 Å². The maximum Gasteiger partial charge on any atom is 0.243 e. The number of carbonyl (C=O) groups excluding carboxylic acids is 2. The maximum absolute atomic E-state index is 12.9. The van der Waals surface area contributed by atoms with Crippen LogP contribution in [0.15, 0.2) is 41.3 Å². The lowest BCUT2D eigenvalue weighted by atomic mass is 10.1. The van der Waals surface area contributed by atoms with E-state index >= 15 is 0 Å². The molecule has 0 aliphatic carbocycles. The highest BCUT2D eigenvalue weighted by Crippen LogP contribution is 2.25. The summed E-state index contributed by atoms with van der Waals surface area (Å²) >= 11 is 0. The van der Waals surface area contributed by atoms with Gasteiger partial charge in [-0.15, -0.1) is 0 Å². The van der Waals surface area contributed by atoms with Gasteiger partial charge in [0.15, 0.2) is 0 Å². The van der Waals surface area contributed by atoms with Crippen molar-refractivity contribution >= 4 is 44.2 Å². The van der Waals surface area contributed by atoms with E-state index in [1.54, 1.807) is 24.3 Å². The van der Waals surface area contributed by atoms with Crippen molar-refractivity contribution in [2.45, 2.75) is 58.9 Å². The average molecular weight is 500 g/mol. The van der Waals surface area contributed by atoms with E-state index in [2.05, 4.69) is 15.6 Å². The third kappa shape index (κ3) is 5.88. The molecule has 10 heteroatoms. The SMILES string of the molecule is CCN(CC)S(=O)(=O)c1ccc2c(c1)nc(CCC(=O)Nc1cc(C)ccc1NC(C)=O)n2CC. The smallest absolute Gasteiger partial charge is 0.243 e. The molecule has 2 aromatic carbocycles. The second kappa shape index (κ2) is 11.0. The van der Waals surface area contributed by atoms with E-state index in [0.29, 0.717) is 48.8 Å².